The highest BCUT2D eigenvalue weighted by Gasteiger charge is 2.24. The van der Waals surface area contributed by atoms with Crippen LogP contribution in [0.2, 0.25) is 0 Å². The van der Waals surface area contributed by atoms with E-state index < -0.39 is 16.1 Å². The molecule has 2 rings (SSSR count). The Kier molecular flexibility index (Phi) is 5.87. The average Bonchev–Trinajstić information content (AvgIpc) is 3.00. The average molecular weight is 327 g/mol. The molecular formula is C14H21N3O4S. The smallest absolute Gasteiger partial charge is 0.249 e. The SMILES string of the molecule is CS(=O)(=O)N(CCNC(=O)C1CCCO1)Cc1cccnc1. The lowest BCUT2D eigenvalue weighted by Crippen LogP contribution is -2.41. The van der Waals surface area contributed by atoms with E-state index in [4.69, 9.17) is 4.74 Å². The molecule has 0 spiro atoms. The number of rotatable bonds is 7. The summed E-state index contributed by atoms with van der Waals surface area (Å²) in [6, 6.07) is 3.57. The molecule has 0 aromatic carbocycles. The van der Waals surface area contributed by atoms with Gasteiger partial charge in [0.2, 0.25) is 15.9 Å². The van der Waals surface area contributed by atoms with Crippen molar-refractivity contribution in [3.63, 3.8) is 0 Å². The third kappa shape index (κ3) is 5.04. The minimum atomic E-state index is -3.36. The first-order valence-electron chi connectivity index (χ1n) is 7.20. The molecule has 8 heteroatoms. The molecule has 2 heterocycles. The molecule has 1 aliphatic rings. The summed E-state index contributed by atoms with van der Waals surface area (Å²) in [6.07, 6.45) is 5.63. The molecule has 22 heavy (non-hydrogen) atoms. The number of aromatic nitrogens is 1. The van der Waals surface area contributed by atoms with E-state index in [0.29, 0.717) is 6.61 Å². The van der Waals surface area contributed by atoms with Gasteiger partial charge in [0.1, 0.15) is 6.10 Å². The van der Waals surface area contributed by atoms with E-state index in [1.807, 2.05) is 6.07 Å². The van der Waals surface area contributed by atoms with Gasteiger partial charge < -0.3 is 10.1 Å². The second-order valence-corrected chi connectivity index (χ2v) is 7.23. The van der Waals surface area contributed by atoms with Crippen molar-refractivity contribution in [2.45, 2.75) is 25.5 Å². The first kappa shape index (κ1) is 16.9. The Morgan fingerprint density at radius 3 is 2.95 bits per heavy atom. The maximum atomic E-state index is 11.8. The number of sulfonamides is 1. The summed E-state index contributed by atoms with van der Waals surface area (Å²) < 4.78 is 30.3. The zero-order valence-electron chi connectivity index (χ0n) is 12.6. The van der Waals surface area contributed by atoms with Crippen LogP contribution < -0.4 is 5.32 Å². The van der Waals surface area contributed by atoms with Gasteiger partial charge in [-0.25, -0.2) is 8.42 Å². The maximum Gasteiger partial charge on any atom is 0.249 e. The first-order valence-corrected chi connectivity index (χ1v) is 9.05. The van der Waals surface area contributed by atoms with E-state index in [0.717, 1.165) is 24.7 Å². The quantitative estimate of drug-likeness (QED) is 0.769. The van der Waals surface area contributed by atoms with Gasteiger partial charge in [-0.2, -0.15) is 4.31 Å². The van der Waals surface area contributed by atoms with Gasteiger partial charge in [0, 0.05) is 38.6 Å². The van der Waals surface area contributed by atoms with Crippen LogP contribution in [0.15, 0.2) is 24.5 Å². The number of nitrogens with zero attached hydrogens (tertiary/aromatic N) is 2. The zero-order chi connectivity index (χ0) is 16.0. The minimum Gasteiger partial charge on any atom is -0.368 e. The van der Waals surface area contributed by atoms with Gasteiger partial charge in [0.05, 0.1) is 6.26 Å². The molecule has 1 N–H and O–H groups in total. The monoisotopic (exact) mass is 327 g/mol. The van der Waals surface area contributed by atoms with E-state index >= 15 is 0 Å². The second-order valence-electron chi connectivity index (χ2n) is 5.25. The molecule has 0 bridgehead atoms. The highest BCUT2D eigenvalue weighted by molar-refractivity contribution is 7.88. The number of pyridine rings is 1. The number of carbonyl (C=O) groups excluding carboxylic acids is 1. The topological polar surface area (TPSA) is 88.6 Å². The molecule has 7 nitrogen and oxygen atoms in total. The lowest BCUT2D eigenvalue weighted by molar-refractivity contribution is -0.130. The Hall–Kier alpha value is -1.51. The highest BCUT2D eigenvalue weighted by atomic mass is 32.2. The van der Waals surface area contributed by atoms with Crippen molar-refractivity contribution in [2.24, 2.45) is 0 Å². The highest BCUT2D eigenvalue weighted by Crippen LogP contribution is 2.11. The van der Waals surface area contributed by atoms with E-state index in [2.05, 4.69) is 10.3 Å². The molecular weight excluding hydrogens is 306 g/mol. The molecule has 0 radical (unpaired) electrons. The van der Waals surface area contributed by atoms with Gasteiger partial charge >= 0.3 is 0 Å². The predicted octanol–water partition coefficient (Wildman–Crippen LogP) is 0.138. The van der Waals surface area contributed by atoms with Crippen LogP contribution >= 0.6 is 0 Å². The fourth-order valence-corrected chi connectivity index (χ4v) is 3.07. The Morgan fingerprint density at radius 1 is 1.55 bits per heavy atom. The van der Waals surface area contributed by atoms with Gasteiger partial charge in [-0.1, -0.05) is 6.07 Å². The van der Waals surface area contributed by atoms with Gasteiger partial charge in [-0.15, -0.1) is 0 Å². The summed E-state index contributed by atoms with van der Waals surface area (Å²) in [7, 11) is -3.36. The Morgan fingerprint density at radius 2 is 2.36 bits per heavy atom. The summed E-state index contributed by atoms with van der Waals surface area (Å²) in [6.45, 7) is 1.31. The van der Waals surface area contributed by atoms with Gasteiger partial charge in [-0.3, -0.25) is 9.78 Å². The van der Waals surface area contributed by atoms with E-state index in [-0.39, 0.29) is 25.5 Å². The Labute approximate surface area is 130 Å². The largest absolute Gasteiger partial charge is 0.368 e. The molecule has 1 unspecified atom stereocenters. The van der Waals surface area contributed by atoms with Gasteiger partial charge in [-0.05, 0) is 24.5 Å². The van der Waals surface area contributed by atoms with Crippen molar-refractivity contribution in [3.05, 3.63) is 30.1 Å². The summed E-state index contributed by atoms with van der Waals surface area (Å²) >= 11 is 0. The van der Waals surface area contributed by atoms with Gasteiger partial charge in [0.15, 0.2) is 0 Å². The molecule has 1 fully saturated rings. The van der Waals surface area contributed by atoms with E-state index in [1.165, 1.54) is 4.31 Å². The van der Waals surface area contributed by atoms with E-state index in [1.54, 1.807) is 18.5 Å². The normalized spacial score (nSPS) is 18.5. The number of nitrogens with one attached hydrogen (secondary N) is 1. The summed E-state index contributed by atoms with van der Waals surface area (Å²) in [5.74, 6) is -0.174. The van der Waals surface area contributed by atoms with Crippen LogP contribution in [-0.4, -0.2) is 55.7 Å². The summed E-state index contributed by atoms with van der Waals surface area (Å²) in [4.78, 5) is 15.8. The van der Waals surface area contributed by atoms with Crippen molar-refractivity contribution in [1.82, 2.24) is 14.6 Å². The summed E-state index contributed by atoms with van der Waals surface area (Å²) in [5, 5.41) is 2.73. The van der Waals surface area contributed by atoms with E-state index in [9.17, 15) is 13.2 Å². The zero-order valence-corrected chi connectivity index (χ0v) is 13.4. The lowest BCUT2D eigenvalue weighted by atomic mass is 10.2. The molecule has 0 aliphatic carbocycles. The predicted molar refractivity (Wildman–Crippen MR) is 81.5 cm³/mol. The van der Waals surface area contributed by atoms with Crippen LogP contribution in [0.4, 0.5) is 0 Å². The van der Waals surface area contributed by atoms with Crippen molar-refractivity contribution < 1.29 is 17.9 Å². The number of hydrogen-bond donors (Lipinski definition) is 1. The molecule has 1 amide bonds. The number of amides is 1. The minimum absolute atomic E-state index is 0.174. The third-order valence-electron chi connectivity index (χ3n) is 3.43. The fourth-order valence-electron chi connectivity index (χ4n) is 2.26. The molecule has 1 saturated heterocycles. The van der Waals surface area contributed by atoms with Gasteiger partial charge in [0.25, 0.3) is 0 Å². The first-order chi connectivity index (χ1) is 10.5. The number of carbonyl (C=O) groups is 1. The van der Waals surface area contributed by atoms with Crippen molar-refractivity contribution >= 4 is 15.9 Å². The van der Waals surface area contributed by atoms with Crippen LogP contribution in [0.3, 0.4) is 0 Å². The van der Waals surface area contributed by atoms with Crippen LogP contribution in [0.1, 0.15) is 18.4 Å². The molecule has 1 aliphatic heterocycles. The molecule has 1 aromatic heterocycles. The molecule has 1 atom stereocenters. The maximum absolute atomic E-state index is 11.8. The lowest BCUT2D eigenvalue weighted by Gasteiger charge is -2.20. The fraction of sp³-hybridized carbons (Fsp3) is 0.571. The molecule has 122 valence electrons. The number of ether oxygens (including phenoxy) is 1. The Balaban J connectivity index is 1.86. The standard InChI is InChI=1S/C14H21N3O4S/c1-22(19,20)17(11-12-4-2-6-15-10-12)8-7-16-14(18)13-5-3-9-21-13/h2,4,6,10,13H,3,5,7-9,11H2,1H3,(H,16,18). The van der Waals surface area contributed by atoms with Crippen molar-refractivity contribution in [2.75, 3.05) is 26.0 Å². The van der Waals surface area contributed by atoms with Crippen molar-refractivity contribution in [1.29, 1.82) is 0 Å². The third-order valence-corrected chi connectivity index (χ3v) is 4.68. The van der Waals surface area contributed by atoms with Crippen LogP contribution in [0.25, 0.3) is 0 Å². The van der Waals surface area contributed by atoms with Crippen LogP contribution in [0.5, 0.6) is 0 Å². The van der Waals surface area contributed by atoms with Crippen molar-refractivity contribution in [3.8, 4) is 0 Å². The Bertz CT molecular complexity index is 585. The van der Waals surface area contributed by atoms with Crippen LogP contribution in [-0.2, 0) is 26.1 Å². The summed E-state index contributed by atoms with van der Waals surface area (Å²) in [5.41, 5.74) is 0.804. The second kappa shape index (κ2) is 7.66. The molecule has 1 aromatic rings. The molecule has 0 saturated carbocycles. The number of hydrogen-bond acceptors (Lipinski definition) is 5. The van der Waals surface area contributed by atoms with Crippen LogP contribution in [0, 0.1) is 0 Å².